The van der Waals surface area contributed by atoms with Crippen molar-refractivity contribution in [1.29, 1.82) is 0 Å². The van der Waals surface area contributed by atoms with Gasteiger partial charge in [-0.25, -0.2) is 4.39 Å². The molecule has 0 aromatic heterocycles. The van der Waals surface area contributed by atoms with Crippen LogP contribution in [0.2, 0.25) is 0 Å². The third-order valence-electron chi connectivity index (χ3n) is 3.67. The maximum atomic E-state index is 13.9. The Kier molecular flexibility index (Phi) is 6.55. The van der Waals surface area contributed by atoms with Crippen LogP contribution in [-0.4, -0.2) is 16.8 Å². The van der Waals surface area contributed by atoms with Crippen molar-refractivity contribution in [3.05, 3.63) is 58.3 Å². The van der Waals surface area contributed by atoms with Gasteiger partial charge in [-0.1, -0.05) is 59.1 Å². The lowest BCUT2D eigenvalue weighted by Crippen LogP contribution is -1.98. The van der Waals surface area contributed by atoms with Gasteiger partial charge in [-0.3, -0.25) is 0 Å². The van der Waals surface area contributed by atoms with Crippen molar-refractivity contribution in [2.24, 2.45) is 0 Å². The van der Waals surface area contributed by atoms with Gasteiger partial charge in [0.15, 0.2) is 0 Å². The molecule has 0 bridgehead atoms. The standard InChI is InChI=1S/C18H20BrFO2/c19-15-9-10-16(17(20)12-15)13-5-7-14(8-6-13)18(22)4-2-1-3-11-21/h5-10,12,18,21-22H,1-4,11H2. The molecule has 2 aromatic rings. The average Bonchev–Trinajstić information content (AvgIpc) is 2.52. The van der Waals surface area contributed by atoms with Crippen LogP contribution in [0.15, 0.2) is 46.9 Å². The largest absolute Gasteiger partial charge is 0.396 e. The summed E-state index contributed by atoms with van der Waals surface area (Å²) in [6.07, 6.45) is 2.73. The smallest absolute Gasteiger partial charge is 0.132 e. The van der Waals surface area contributed by atoms with Crippen molar-refractivity contribution in [2.75, 3.05) is 6.61 Å². The second kappa shape index (κ2) is 8.42. The molecule has 1 atom stereocenters. The minimum atomic E-state index is -0.512. The van der Waals surface area contributed by atoms with E-state index in [1.165, 1.54) is 6.07 Å². The molecule has 0 spiro atoms. The molecule has 0 fully saturated rings. The zero-order valence-corrected chi connectivity index (χ0v) is 13.9. The Balaban J connectivity index is 2.03. The van der Waals surface area contributed by atoms with Gasteiger partial charge in [0.1, 0.15) is 5.82 Å². The summed E-state index contributed by atoms with van der Waals surface area (Å²) < 4.78 is 14.6. The van der Waals surface area contributed by atoms with Gasteiger partial charge in [-0.2, -0.15) is 0 Å². The molecule has 2 N–H and O–H groups in total. The third kappa shape index (κ3) is 4.63. The monoisotopic (exact) mass is 366 g/mol. The second-order valence-electron chi connectivity index (χ2n) is 5.33. The van der Waals surface area contributed by atoms with E-state index in [-0.39, 0.29) is 12.4 Å². The third-order valence-corrected chi connectivity index (χ3v) is 4.17. The fourth-order valence-electron chi connectivity index (χ4n) is 2.40. The molecule has 22 heavy (non-hydrogen) atoms. The highest BCUT2D eigenvalue weighted by atomic mass is 79.9. The Morgan fingerprint density at radius 3 is 2.36 bits per heavy atom. The normalized spacial score (nSPS) is 12.4. The van der Waals surface area contributed by atoms with Gasteiger partial charge in [0.2, 0.25) is 0 Å². The highest BCUT2D eigenvalue weighted by Gasteiger charge is 2.09. The summed E-state index contributed by atoms with van der Waals surface area (Å²) >= 11 is 3.25. The summed E-state index contributed by atoms with van der Waals surface area (Å²) in [5, 5.41) is 18.9. The van der Waals surface area contributed by atoms with Crippen LogP contribution >= 0.6 is 15.9 Å². The molecule has 0 amide bonds. The van der Waals surface area contributed by atoms with Crippen LogP contribution in [0.1, 0.15) is 37.4 Å². The molecule has 0 aliphatic heterocycles. The van der Waals surface area contributed by atoms with Crippen molar-refractivity contribution in [3.63, 3.8) is 0 Å². The number of hydrogen-bond donors (Lipinski definition) is 2. The molecule has 0 aliphatic carbocycles. The minimum Gasteiger partial charge on any atom is -0.396 e. The maximum absolute atomic E-state index is 13.9. The predicted molar refractivity (Wildman–Crippen MR) is 90.0 cm³/mol. The van der Waals surface area contributed by atoms with E-state index < -0.39 is 6.10 Å². The quantitative estimate of drug-likeness (QED) is 0.688. The van der Waals surface area contributed by atoms with Gasteiger partial charge in [0.25, 0.3) is 0 Å². The highest BCUT2D eigenvalue weighted by Crippen LogP contribution is 2.27. The van der Waals surface area contributed by atoms with Crippen molar-refractivity contribution in [1.82, 2.24) is 0 Å². The first-order valence-electron chi connectivity index (χ1n) is 7.46. The summed E-state index contributed by atoms with van der Waals surface area (Å²) in [4.78, 5) is 0. The lowest BCUT2D eigenvalue weighted by atomic mass is 9.99. The number of aliphatic hydroxyl groups is 2. The maximum Gasteiger partial charge on any atom is 0.132 e. The number of benzene rings is 2. The van der Waals surface area contributed by atoms with E-state index in [0.717, 1.165) is 30.4 Å². The van der Waals surface area contributed by atoms with Crippen molar-refractivity contribution in [2.45, 2.75) is 31.8 Å². The Morgan fingerprint density at radius 1 is 1.00 bits per heavy atom. The van der Waals surface area contributed by atoms with E-state index in [4.69, 9.17) is 5.11 Å². The summed E-state index contributed by atoms with van der Waals surface area (Å²) in [5.41, 5.74) is 2.18. The molecule has 0 radical (unpaired) electrons. The van der Waals surface area contributed by atoms with Crippen LogP contribution in [0.3, 0.4) is 0 Å². The first-order chi connectivity index (χ1) is 10.6. The molecule has 2 aromatic carbocycles. The second-order valence-corrected chi connectivity index (χ2v) is 6.25. The molecule has 0 saturated carbocycles. The summed E-state index contributed by atoms with van der Waals surface area (Å²) in [6.45, 7) is 0.198. The molecule has 0 heterocycles. The van der Waals surface area contributed by atoms with Crippen LogP contribution in [0.4, 0.5) is 4.39 Å². The van der Waals surface area contributed by atoms with E-state index >= 15 is 0 Å². The van der Waals surface area contributed by atoms with E-state index in [2.05, 4.69) is 15.9 Å². The molecule has 1 unspecified atom stereocenters. The lowest BCUT2D eigenvalue weighted by Gasteiger charge is -2.12. The Labute approximate surface area is 138 Å². The number of aliphatic hydroxyl groups excluding tert-OH is 2. The van der Waals surface area contributed by atoms with Gasteiger partial charge in [-0.05, 0) is 36.1 Å². The SMILES string of the molecule is OCCCCCC(O)c1ccc(-c2ccc(Br)cc2F)cc1. The molecule has 4 heteroatoms. The number of rotatable bonds is 7. The molecule has 0 saturated heterocycles. The van der Waals surface area contributed by atoms with Crippen LogP contribution in [0.25, 0.3) is 11.1 Å². The van der Waals surface area contributed by atoms with Crippen molar-refractivity contribution >= 4 is 15.9 Å². The Bertz CT molecular complexity index is 599. The van der Waals surface area contributed by atoms with Crippen LogP contribution in [0, 0.1) is 5.82 Å². The predicted octanol–water partition coefficient (Wildman–Crippen LogP) is 4.84. The zero-order chi connectivity index (χ0) is 15.9. The highest BCUT2D eigenvalue weighted by molar-refractivity contribution is 9.10. The molecular weight excluding hydrogens is 347 g/mol. The average molecular weight is 367 g/mol. The van der Waals surface area contributed by atoms with Crippen LogP contribution in [-0.2, 0) is 0 Å². The van der Waals surface area contributed by atoms with Gasteiger partial charge in [0, 0.05) is 16.6 Å². The Hall–Kier alpha value is -1.23. The number of hydrogen-bond acceptors (Lipinski definition) is 2. The Morgan fingerprint density at radius 2 is 1.73 bits per heavy atom. The van der Waals surface area contributed by atoms with Crippen molar-refractivity contribution in [3.8, 4) is 11.1 Å². The van der Waals surface area contributed by atoms with Gasteiger partial charge < -0.3 is 10.2 Å². The molecule has 2 nitrogen and oxygen atoms in total. The molecule has 118 valence electrons. The topological polar surface area (TPSA) is 40.5 Å². The minimum absolute atomic E-state index is 0.198. The van der Waals surface area contributed by atoms with E-state index in [9.17, 15) is 9.50 Å². The molecular formula is C18H20BrFO2. The lowest BCUT2D eigenvalue weighted by molar-refractivity contribution is 0.162. The summed E-state index contributed by atoms with van der Waals surface area (Å²) in [7, 11) is 0. The van der Waals surface area contributed by atoms with Gasteiger partial charge >= 0.3 is 0 Å². The van der Waals surface area contributed by atoms with Gasteiger partial charge in [0.05, 0.1) is 6.10 Å². The number of unbranched alkanes of at least 4 members (excludes halogenated alkanes) is 2. The van der Waals surface area contributed by atoms with Crippen LogP contribution < -0.4 is 0 Å². The van der Waals surface area contributed by atoms with Crippen molar-refractivity contribution < 1.29 is 14.6 Å². The fourth-order valence-corrected chi connectivity index (χ4v) is 2.73. The van der Waals surface area contributed by atoms with Gasteiger partial charge in [-0.15, -0.1) is 0 Å². The fraction of sp³-hybridized carbons (Fsp3) is 0.333. The molecule has 2 rings (SSSR count). The number of halogens is 2. The molecule has 0 aliphatic rings. The van der Waals surface area contributed by atoms with E-state index in [1.54, 1.807) is 6.07 Å². The van der Waals surface area contributed by atoms with E-state index in [1.807, 2.05) is 30.3 Å². The zero-order valence-electron chi connectivity index (χ0n) is 12.3. The van der Waals surface area contributed by atoms with Crippen LogP contribution in [0.5, 0.6) is 0 Å². The summed E-state index contributed by atoms with van der Waals surface area (Å²) in [5.74, 6) is -0.272. The summed E-state index contributed by atoms with van der Waals surface area (Å²) in [6, 6.07) is 12.3. The first kappa shape index (κ1) is 17.1. The van der Waals surface area contributed by atoms with E-state index in [0.29, 0.717) is 16.5 Å². The first-order valence-corrected chi connectivity index (χ1v) is 8.25.